The molecule has 1 aromatic rings. The maximum absolute atomic E-state index is 11.3. The Labute approximate surface area is 121 Å². The lowest BCUT2D eigenvalue weighted by Gasteiger charge is -2.30. The van der Waals surface area contributed by atoms with E-state index in [9.17, 15) is 4.79 Å². The van der Waals surface area contributed by atoms with Crippen LogP contribution in [0.4, 0.5) is 5.69 Å². The highest BCUT2D eigenvalue weighted by Crippen LogP contribution is 2.23. The smallest absolute Gasteiger partial charge is 0.231 e. The highest BCUT2D eigenvalue weighted by Gasteiger charge is 2.21. The fourth-order valence-corrected chi connectivity index (χ4v) is 2.99. The lowest BCUT2D eigenvalue weighted by Crippen LogP contribution is -2.40. The number of hydrogen-bond acceptors (Lipinski definition) is 3. The van der Waals surface area contributed by atoms with Crippen molar-refractivity contribution in [3.63, 3.8) is 0 Å². The molecule has 4 nitrogen and oxygen atoms in total. The number of hydrogen-bond donors (Lipinski definition) is 2. The Morgan fingerprint density at radius 1 is 1.10 bits per heavy atom. The van der Waals surface area contributed by atoms with E-state index in [2.05, 4.69) is 4.90 Å². The quantitative estimate of drug-likeness (QED) is 0.639. The van der Waals surface area contributed by atoms with Crippen molar-refractivity contribution in [3.05, 3.63) is 29.8 Å². The van der Waals surface area contributed by atoms with E-state index < -0.39 is 0 Å². The first-order chi connectivity index (χ1) is 9.65. The van der Waals surface area contributed by atoms with Gasteiger partial charge in [0.15, 0.2) is 0 Å². The van der Waals surface area contributed by atoms with Crippen LogP contribution >= 0.6 is 0 Å². The van der Waals surface area contributed by atoms with Crippen molar-refractivity contribution in [2.75, 3.05) is 12.3 Å². The molecular formula is C16H25N3O. The number of carbonyl (C=O) groups excluding carboxylic acids is 1. The Balaban J connectivity index is 2.05. The highest BCUT2D eigenvalue weighted by atomic mass is 16.1. The molecule has 0 aliphatic heterocycles. The number of nitrogens with two attached hydrogens (primary N) is 2. The summed E-state index contributed by atoms with van der Waals surface area (Å²) in [4.78, 5) is 13.6. The van der Waals surface area contributed by atoms with Crippen molar-refractivity contribution in [2.24, 2.45) is 5.73 Å². The molecule has 1 saturated carbocycles. The minimum Gasteiger partial charge on any atom is -0.399 e. The fraction of sp³-hybridized carbons (Fsp3) is 0.562. The zero-order valence-corrected chi connectivity index (χ0v) is 12.1. The summed E-state index contributed by atoms with van der Waals surface area (Å²) < 4.78 is 0. The summed E-state index contributed by atoms with van der Waals surface area (Å²) in [6.45, 7) is 1.11. The topological polar surface area (TPSA) is 72.4 Å². The molecule has 1 aliphatic carbocycles. The minimum absolute atomic E-state index is 0.246. The van der Waals surface area contributed by atoms with Gasteiger partial charge in [-0.15, -0.1) is 0 Å². The van der Waals surface area contributed by atoms with Crippen molar-refractivity contribution in [3.8, 4) is 0 Å². The molecular weight excluding hydrogens is 250 g/mol. The van der Waals surface area contributed by atoms with Crippen LogP contribution < -0.4 is 11.5 Å². The highest BCUT2D eigenvalue weighted by molar-refractivity contribution is 5.76. The lowest BCUT2D eigenvalue weighted by molar-refractivity contribution is -0.119. The largest absolute Gasteiger partial charge is 0.399 e. The number of carbonyl (C=O) groups is 1. The van der Waals surface area contributed by atoms with Crippen LogP contribution in [-0.2, 0) is 11.3 Å². The number of primary amides is 1. The normalized spacial score (nSPS) is 17.1. The molecule has 2 rings (SSSR count). The van der Waals surface area contributed by atoms with Crippen LogP contribution in [0, 0.1) is 0 Å². The van der Waals surface area contributed by atoms with Crippen LogP contribution in [0.25, 0.3) is 0 Å². The molecule has 0 atom stereocenters. The summed E-state index contributed by atoms with van der Waals surface area (Å²) in [5, 5.41) is 0. The van der Waals surface area contributed by atoms with E-state index in [1.54, 1.807) is 0 Å². The summed E-state index contributed by atoms with van der Waals surface area (Å²) >= 11 is 0. The SMILES string of the molecule is NC(=O)CN(Cc1ccc(N)cc1)C1CCCCCC1. The number of nitrogens with zero attached hydrogens (tertiary/aromatic N) is 1. The predicted octanol–water partition coefficient (Wildman–Crippen LogP) is 2.28. The molecule has 0 aromatic heterocycles. The van der Waals surface area contributed by atoms with E-state index in [0.717, 1.165) is 12.2 Å². The summed E-state index contributed by atoms with van der Waals surface area (Å²) in [7, 11) is 0. The summed E-state index contributed by atoms with van der Waals surface area (Å²) in [5.74, 6) is -0.246. The Kier molecular flexibility index (Phi) is 5.41. The van der Waals surface area contributed by atoms with Crippen LogP contribution in [0.2, 0.25) is 0 Å². The van der Waals surface area contributed by atoms with Crippen LogP contribution in [-0.4, -0.2) is 23.4 Å². The maximum atomic E-state index is 11.3. The molecule has 1 fully saturated rings. The standard InChI is InChI=1S/C16H25N3O/c17-14-9-7-13(8-10-14)11-19(12-16(18)20)15-5-3-1-2-4-6-15/h7-10,15H,1-6,11-12,17H2,(H2,18,20). The summed E-state index contributed by atoms with van der Waals surface area (Å²) in [6, 6.07) is 8.35. The predicted molar refractivity (Wildman–Crippen MR) is 81.9 cm³/mol. The molecule has 0 radical (unpaired) electrons. The van der Waals surface area contributed by atoms with Crippen LogP contribution in [0.15, 0.2) is 24.3 Å². The fourth-order valence-electron chi connectivity index (χ4n) is 2.99. The molecule has 1 aromatic carbocycles. The van der Waals surface area contributed by atoms with Crippen molar-refractivity contribution >= 4 is 11.6 Å². The van der Waals surface area contributed by atoms with Crippen LogP contribution in [0.1, 0.15) is 44.1 Å². The number of rotatable bonds is 5. The van der Waals surface area contributed by atoms with Crippen LogP contribution in [0.5, 0.6) is 0 Å². The molecule has 0 bridgehead atoms. The number of anilines is 1. The van der Waals surface area contributed by atoms with Gasteiger partial charge in [0.05, 0.1) is 6.54 Å². The van der Waals surface area contributed by atoms with E-state index in [0.29, 0.717) is 12.6 Å². The van der Waals surface area contributed by atoms with Gasteiger partial charge >= 0.3 is 0 Å². The van der Waals surface area contributed by atoms with Crippen molar-refractivity contribution in [2.45, 2.75) is 51.1 Å². The maximum Gasteiger partial charge on any atom is 0.231 e. The van der Waals surface area contributed by atoms with Gasteiger partial charge in [0.25, 0.3) is 0 Å². The molecule has 20 heavy (non-hydrogen) atoms. The first-order valence-corrected chi connectivity index (χ1v) is 7.52. The zero-order chi connectivity index (χ0) is 14.4. The third kappa shape index (κ3) is 4.53. The van der Waals surface area contributed by atoms with Crippen molar-refractivity contribution < 1.29 is 4.79 Å². The van der Waals surface area contributed by atoms with Gasteiger partial charge in [-0.3, -0.25) is 9.69 Å². The third-order valence-corrected chi connectivity index (χ3v) is 4.07. The monoisotopic (exact) mass is 275 g/mol. The second-order valence-electron chi connectivity index (χ2n) is 5.76. The third-order valence-electron chi connectivity index (χ3n) is 4.07. The second kappa shape index (κ2) is 7.29. The summed E-state index contributed by atoms with van der Waals surface area (Å²) in [5.41, 5.74) is 13.1. The van der Waals surface area contributed by atoms with Gasteiger partial charge in [0.2, 0.25) is 5.91 Å². The number of nitrogen functional groups attached to an aromatic ring is 1. The van der Waals surface area contributed by atoms with E-state index in [4.69, 9.17) is 11.5 Å². The molecule has 0 unspecified atom stereocenters. The van der Waals surface area contributed by atoms with Gasteiger partial charge in [-0.25, -0.2) is 0 Å². The van der Waals surface area contributed by atoms with E-state index in [-0.39, 0.29) is 5.91 Å². The molecule has 4 heteroatoms. The molecule has 0 spiro atoms. The molecule has 1 amide bonds. The Morgan fingerprint density at radius 3 is 2.25 bits per heavy atom. The van der Waals surface area contributed by atoms with Gasteiger partial charge in [-0.1, -0.05) is 37.8 Å². The van der Waals surface area contributed by atoms with Crippen molar-refractivity contribution in [1.82, 2.24) is 4.90 Å². The van der Waals surface area contributed by atoms with E-state index >= 15 is 0 Å². The molecule has 0 heterocycles. The lowest BCUT2D eigenvalue weighted by atomic mass is 10.1. The molecule has 4 N–H and O–H groups in total. The Hall–Kier alpha value is -1.55. The van der Waals surface area contributed by atoms with Gasteiger partial charge in [-0.2, -0.15) is 0 Å². The van der Waals surface area contributed by atoms with E-state index in [1.807, 2.05) is 24.3 Å². The van der Waals surface area contributed by atoms with E-state index in [1.165, 1.54) is 44.1 Å². The number of amides is 1. The van der Waals surface area contributed by atoms with Crippen LogP contribution in [0.3, 0.4) is 0 Å². The minimum atomic E-state index is -0.246. The van der Waals surface area contributed by atoms with Gasteiger partial charge in [-0.05, 0) is 30.5 Å². The zero-order valence-electron chi connectivity index (χ0n) is 12.1. The average molecular weight is 275 g/mol. The van der Waals surface area contributed by atoms with Gasteiger partial charge in [0, 0.05) is 18.3 Å². The first-order valence-electron chi connectivity index (χ1n) is 7.52. The summed E-state index contributed by atoms with van der Waals surface area (Å²) in [6.07, 6.45) is 7.46. The average Bonchev–Trinajstić information content (AvgIpc) is 2.69. The van der Waals surface area contributed by atoms with Gasteiger partial charge < -0.3 is 11.5 Å². The van der Waals surface area contributed by atoms with Gasteiger partial charge in [0.1, 0.15) is 0 Å². The molecule has 1 aliphatic rings. The van der Waals surface area contributed by atoms with Crippen molar-refractivity contribution in [1.29, 1.82) is 0 Å². The Bertz CT molecular complexity index is 422. The molecule has 110 valence electrons. The Morgan fingerprint density at radius 2 is 1.70 bits per heavy atom. The first kappa shape index (κ1) is 14.9. The molecule has 0 saturated heterocycles. The second-order valence-corrected chi connectivity index (χ2v) is 5.76. The number of benzene rings is 1.